The fraction of sp³-hybridized carbons (Fsp3) is 0.923. The predicted molar refractivity (Wildman–Crippen MR) is 72.5 cm³/mol. The Balaban J connectivity index is 0.00000144. The molecule has 0 aromatic rings. The van der Waals surface area contributed by atoms with Crippen LogP contribution in [0.4, 0.5) is 0 Å². The molecule has 2 fully saturated rings. The minimum atomic E-state index is 0. The molecule has 2 saturated heterocycles. The maximum atomic E-state index is 12.0. The summed E-state index contributed by atoms with van der Waals surface area (Å²) in [7, 11) is 0. The van der Waals surface area contributed by atoms with Crippen molar-refractivity contribution in [3.63, 3.8) is 0 Å². The van der Waals surface area contributed by atoms with E-state index in [1.165, 1.54) is 25.7 Å². The van der Waals surface area contributed by atoms with Crippen molar-refractivity contribution in [2.45, 2.75) is 58.0 Å². The summed E-state index contributed by atoms with van der Waals surface area (Å²) in [6, 6.07) is 1.40. The zero-order valence-electron chi connectivity index (χ0n) is 10.9. The molecule has 1 amide bonds. The van der Waals surface area contributed by atoms with E-state index in [4.69, 9.17) is 0 Å². The quantitative estimate of drug-likeness (QED) is 0.841. The molecule has 4 heteroatoms. The average molecular weight is 261 g/mol. The topological polar surface area (TPSA) is 32.3 Å². The minimum Gasteiger partial charge on any atom is -0.343 e. The van der Waals surface area contributed by atoms with Crippen molar-refractivity contribution in [2.75, 3.05) is 13.1 Å². The van der Waals surface area contributed by atoms with E-state index < -0.39 is 0 Å². The van der Waals surface area contributed by atoms with Crippen molar-refractivity contribution >= 4 is 18.3 Å². The van der Waals surface area contributed by atoms with E-state index in [1.807, 2.05) is 4.90 Å². The highest BCUT2D eigenvalue weighted by atomic mass is 35.5. The summed E-state index contributed by atoms with van der Waals surface area (Å²) < 4.78 is 0. The standard InChI is InChI=1S/C13H24N2O.ClH/c1-3-15(4-2)13(16)9-10-7-11-5-6-12(8-10)14-11;/h10-12,14H,3-9H2,1-2H3;1H. The highest BCUT2D eigenvalue weighted by Crippen LogP contribution is 2.32. The van der Waals surface area contributed by atoms with Gasteiger partial charge >= 0.3 is 0 Å². The van der Waals surface area contributed by atoms with Crippen LogP contribution in [0.3, 0.4) is 0 Å². The second kappa shape index (κ2) is 6.60. The summed E-state index contributed by atoms with van der Waals surface area (Å²) in [6.45, 7) is 5.83. The number of piperidine rings is 1. The van der Waals surface area contributed by atoms with E-state index in [0.717, 1.165) is 19.5 Å². The Morgan fingerprint density at radius 1 is 1.18 bits per heavy atom. The first-order chi connectivity index (χ1) is 7.72. The molecule has 0 aliphatic carbocycles. The van der Waals surface area contributed by atoms with Gasteiger partial charge in [0.05, 0.1) is 0 Å². The summed E-state index contributed by atoms with van der Waals surface area (Å²) in [6.07, 6.45) is 5.84. The van der Waals surface area contributed by atoms with Gasteiger partial charge in [-0.25, -0.2) is 0 Å². The SMILES string of the molecule is CCN(CC)C(=O)CC1CC2CCC(C1)N2.Cl. The van der Waals surface area contributed by atoms with Crippen molar-refractivity contribution in [1.82, 2.24) is 10.2 Å². The van der Waals surface area contributed by atoms with Crippen LogP contribution < -0.4 is 5.32 Å². The average Bonchev–Trinajstić information content (AvgIpc) is 2.60. The first-order valence-corrected chi connectivity index (χ1v) is 6.76. The van der Waals surface area contributed by atoms with Crippen molar-refractivity contribution < 1.29 is 4.79 Å². The molecular weight excluding hydrogens is 236 g/mol. The summed E-state index contributed by atoms with van der Waals surface area (Å²) in [4.78, 5) is 14.0. The summed E-state index contributed by atoms with van der Waals surface area (Å²) in [5.41, 5.74) is 0. The van der Waals surface area contributed by atoms with E-state index in [9.17, 15) is 4.79 Å². The normalized spacial score (nSPS) is 30.8. The summed E-state index contributed by atoms with van der Waals surface area (Å²) in [5.74, 6) is 0.989. The molecule has 0 aromatic heterocycles. The number of hydrogen-bond acceptors (Lipinski definition) is 2. The molecule has 2 unspecified atom stereocenters. The largest absolute Gasteiger partial charge is 0.343 e. The Labute approximate surface area is 111 Å². The number of nitrogens with one attached hydrogen (secondary N) is 1. The van der Waals surface area contributed by atoms with Gasteiger partial charge < -0.3 is 10.2 Å². The fourth-order valence-corrected chi connectivity index (χ4v) is 3.29. The molecule has 2 aliphatic rings. The Kier molecular flexibility index (Phi) is 5.74. The van der Waals surface area contributed by atoms with Crippen LogP contribution >= 0.6 is 12.4 Å². The molecule has 0 radical (unpaired) electrons. The number of carbonyl (C=O) groups is 1. The van der Waals surface area contributed by atoms with Crippen LogP contribution in [0.5, 0.6) is 0 Å². The molecule has 17 heavy (non-hydrogen) atoms. The number of nitrogens with zero attached hydrogens (tertiary/aromatic N) is 1. The van der Waals surface area contributed by atoms with Gasteiger partial charge in [-0.2, -0.15) is 0 Å². The zero-order valence-corrected chi connectivity index (χ0v) is 11.8. The smallest absolute Gasteiger partial charge is 0.222 e. The number of carbonyl (C=O) groups excluding carboxylic acids is 1. The van der Waals surface area contributed by atoms with Gasteiger partial charge in [0.1, 0.15) is 0 Å². The molecule has 0 aromatic carbocycles. The second-order valence-electron chi connectivity index (χ2n) is 5.25. The first-order valence-electron chi connectivity index (χ1n) is 6.76. The van der Waals surface area contributed by atoms with Crippen molar-refractivity contribution in [1.29, 1.82) is 0 Å². The van der Waals surface area contributed by atoms with Crippen LogP contribution in [-0.4, -0.2) is 36.0 Å². The lowest BCUT2D eigenvalue weighted by Gasteiger charge is -2.30. The molecule has 1 N–H and O–H groups in total. The molecule has 2 bridgehead atoms. The number of rotatable bonds is 4. The maximum absolute atomic E-state index is 12.0. The van der Waals surface area contributed by atoms with Gasteiger partial charge in [0.15, 0.2) is 0 Å². The molecule has 0 spiro atoms. The van der Waals surface area contributed by atoms with Gasteiger partial charge in [0.2, 0.25) is 5.91 Å². The first kappa shape index (κ1) is 14.8. The molecule has 2 heterocycles. The lowest BCUT2D eigenvalue weighted by molar-refractivity contribution is -0.132. The monoisotopic (exact) mass is 260 g/mol. The van der Waals surface area contributed by atoms with Crippen LogP contribution in [0.15, 0.2) is 0 Å². The summed E-state index contributed by atoms with van der Waals surface area (Å²) >= 11 is 0. The van der Waals surface area contributed by atoms with Crippen LogP contribution in [0.1, 0.15) is 46.0 Å². The predicted octanol–water partition coefficient (Wildman–Crippen LogP) is 2.20. The van der Waals surface area contributed by atoms with Crippen molar-refractivity contribution in [2.24, 2.45) is 5.92 Å². The fourth-order valence-electron chi connectivity index (χ4n) is 3.29. The van der Waals surface area contributed by atoms with Gasteiger partial charge in [0, 0.05) is 31.6 Å². The van der Waals surface area contributed by atoms with Gasteiger partial charge in [-0.3, -0.25) is 4.79 Å². The summed E-state index contributed by atoms with van der Waals surface area (Å²) in [5, 5.41) is 3.63. The molecule has 3 nitrogen and oxygen atoms in total. The van der Waals surface area contributed by atoms with Crippen LogP contribution in [0.25, 0.3) is 0 Å². The van der Waals surface area contributed by atoms with E-state index in [2.05, 4.69) is 19.2 Å². The van der Waals surface area contributed by atoms with E-state index in [0.29, 0.717) is 23.9 Å². The van der Waals surface area contributed by atoms with E-state index in [1.54, 1.807) is 0 Å². The number of amides is 1. The molecule has 100 valence electrons. The number of fused-ring (bicyclic) bond motifs is 2. The highest BCUT2D eigenvalue weighted by Gasteiger charge is 2.34. The third-order valence-electron chi connectivity index (χ3n) is 4.15. The molecule has 2 rings (SSSR count). The van der Waals surface area contributed by atoms with Gasteiger partial charge in [-0.05, 0) is 45.4 Å². The third-order valence-corrected chi connectivity index (χ3v) is 4.15. The molecule has 2 atom stereocenters. The Morgan fingerprint density at radius 3 is 2.18 bits per heavy atom. The Morgan fingerprint density at radius 2 is 1.71 bits per heavy atom. The van der Waals surface area contributed by atoms with Gasteiger partial charge in [-0.15, -0.1) is 12.4 Å². The number of halogens is 1. The van der Waals surface area contributed by atoms with E-state index in [-0.39, 0.29) is 12.4 Å². The Hall–Kier alpha value is -0.280. The third kappa shape index (κ3) is 3.59. The van der Waals surface area contributed by atoms with Crippen LogP contribution in [0.2, 0.25) is 0 Å². The van der Waals surface area contributed by atoms with E-state index >= 15 is 0 Å². The highest BCUT2D eigenvalue weighted by molar-refractivity contribution is 5.85. The molecule has 0 saturated carbocycles. The Bertz CT molecular complexity index is 244. The molecule has 2 aliphatic heterocycles. The second-order valence-corrected chi connectivity index (χ2v) is 5.25. The van der Waals surface area contributed by atoms with Crippen LogP contribution in [0, 0.1) is 5.92 Å². The molecular formula is C13H25ClN2O. The lowest BCUT2D eigenvalue weighted by atomic mass is 9.89. The number of hydrogen-bond donors (Lipinski definition) is 1. The minimum absolute atomic E-state index is 0. The lowest BCUT2D eigenvalue weighted by Crippen LogP contribution is -2.40. The van der Waals surface area contributed by atoms with Crippen molar-refractivity contribution in [3.8, 4) is 0 Å². The van der Waals surface area contributed by atoms with Crippen molar-refractivity contribution in [3.05, 3.63) is 0 Å². The van der Waals surface area contributed by atoms with Crippen LogP contribution in [-0.2, 0) is 4.79 Å². The maximum Gasteiger partial charge on any atom is 0.222 e. The zero-order chi connectivity index (χ0) is 11.5. The van der Waals surface area contributed by atoms with Gasteiger partial charge in [0.25, 0.3) is 0 Å². The van der Waals surface area contributed by atoms with Gasteiger partial charge in [-0.1, -0.05) is 0 Å².